The summed E-state index contributed by atoms with van der Waals surface area (Å²) in [5.41, 5.74) is 5.00. The molecule has 37 heavy (non-hydrogen) atoms. The number of hydrogen-bond acceptors (Lipinski definition) is 5. The van der Waals surface area contributed by atoms with Gasteiger partial charge in [-0.1, -0.05) is 47.7 Å². The van der Waals surface area contributed by atoms with E-state index in [1.54, 1.807) is 6.07 Å². The van der Waals surface area contributed by atoms with E-state index in [0.717, 1.165) is 34.4 Å². The number of rotatable bonds is 10. The number of aryl methyl sites for hydroxylation is 1. The van der Waals surface area contributed by atoms with Gasteiger partial charge in [-0.05, 0) is 90.6 Å². The van der Waals surface area contributed by atoms with E-state index in [2.05, 4.69) is 40.1 Å². The van der Waals surface area contributed by atoms with Gasteiger partial charge in [0.2, 0.25) is 0 Å². The van der Waals surface area contributed by atoms with Crippen molar-refractivity contribution < 1.29 is 19.0 Å². The Hall–Kier alpha value is -3.72. The number of halogens is 1. The summed E-state index contributed by atoms with van der Waals surface area (Å²) < 4.78 is 16.1. The van der Waals surface area contributed by atoms with Gasteiger partial charge in [-0.2, -0.15) is 0 Å². The SMILES string of the molecule is COC(=O)COc1ccc(OCC=C(c2ccc(Cl)cc2)c2ccc(C#CCNC3CC3)cc2)cc1C. The molecule has 190 valence electrons. The highest BCUT2D eigenvalue weighted by molar-refractivity contribution is 6.30. The number of nitrogens with one attached hydrogen (secondary N) is 1. The topological polar surface area (TPSA) is 56.8 Å². The second-order valence-corrected chi connectivity index (χ2v) is 9.20. The monoisotopic (exact) mass is 515 g/mol. The Kier molecular flexibility index (Phi) is 9.26. The average Bonchev–Trinajstić information content (AvgIpc) is 3.74. The zero-order valence-corrected chi connectivity index (χ0v) is 21.8. The molecule has 5 nitrogen and oxygen atoms in total. The van der Waals surface area contributed by atoms with Crippen molar-refractivity contribution in [3.63, 3.8) is 0 Å². The van der Waals surface area contributed by atoms with Gasteiger partial charge in [-0.3, -0.25) is 0 Å². The lowest BCUT2D eigenvalue weighted by Crippen LogP contribution is -2.15. The van der Waals surface area contributed by atoms with Gasteiger partial charge >= 0.3 is 5.97 Å². The van der Waals surface area contributed by atoms with E-state index in [1.807, 2.05) is 55.5 Å². The molecule has 0 bridgehead atoms. The molecule has 1 saturated carbocycles. The van der Waals surface area contributed by atoms with Gasteiger partial charge in [-0.25, -0.2) is 4.79 Å². The lowest BCUT2D eigenvalue weighted by atomic mass is 9.97. The van der Waals surface area contributed by atoms with Crippen LogP contribution in [0.3, 0.4) is 0 Å². The average molecular weight is 516 g/mol. The van der Waals surface area contributed by atoms with E-state index in [-0.39, 0.29) is 6.61 Å². The summed E-state index contributed by atoms with van der Waals surface area (Å²) in [6.45, 7) is 2.86. The number of carbonyl (C=O) groups is 1. The molecule has 0 radical (unpaired) electrons. The predicted molar refractivity (Wildman–Crippen MR) is 147 cm³/mol. The Labute approximate surface area is 223 Å². The van der Waals surface area contributed by atoms with Crippen LogP contribution in [0, 0.1) is 18.8 Å². The van der Waals surface area contributed by atoms with Crippen LogP contribution in [0.4, 0.5) is 0 Å². The van der Waals surface area contributed by atoms with Crippen LogP contribution in [0.25, 0.3) is 5.57 Å². The smallest absolute Gasteiger partial charge is 0.343 e. The summed E-state index contributed by atoms with van der Waals surface area (Å²) in [4.78, 5) is 11.3. The summed E-state index contributed by atoms with van der Waals surface area (Å²) in [6, 6.07) is 22.2. The second kappa shape index (κ2) is 13.0. The van der Waals surface area contributed by atoms with Crippen molar-refractivity contribution in [2.24, 2.45) is 0 Å². The second-order valence-electron chi connectivity index (χ2n) is 8.76. The maximum absolute atomic E-state index is 11.3. The van der Waals surface area contributed by atoms with Crippen molar-refractivity contribution in [3.05, 3.63) is 100 Å². The molecule has 6 heteroatoms. The highest BCUT2D eigenvalue weighted by Gasteiger charge is 2.19. The van der Waals surface area contributed by atoms with E-state index in [4.69, 9.17) is 21.1 Å². The highest BCUT2D eigenvalue weighted by atomic mass is 35.5. The molecule has 0 heterocycles. The van der Waals surface area contributed by atoms with Crippen LogP contribution in [-0.4, -0.2) is 38.9 Å². The standard InChI is InChI=1S/C31H30ClNO4/c1-22-20-28(15-16-30(22)37-21-31(34)35-2)36-19-17-29(25-9-11-26(32)12-10-25)24-7-5-23(6-8-24)4-3-18-33-27-13-14-27/h5-12,15-17,20,27,33H,13-14,18-19,21H2,1-2H3. The zero-order chi connectivity index (χ0) is 26.0. The van der Waals surface area contributed by atoms with E-state index in [1.165, 1.54) is 20.0 Å². The van der Waals surface area contributed by atoms with E-state index >= 15 is 0 Å². The van der Waals surface area contributed by atoms with Gasteiger partial charge in [0.05, 0.1) is 13.7 Å². The van der Waals surface area contributed by atoms with Gasteiger partial charge in [0.15, 0.2) is 6.61 Å². The van der Waals surface area contributed by atoms with Crippen LogP contribution >= 0.6 is 11.6 Å². The Morgan fingerprint density at radius 2 is 1.73 bits per heavy atom. The van der Waals surface area contributed by atoms with Crippen LogP contribution in [0.5, 0.6) is 11.5 Å². The minimum atomic E-state index is -0.426. The van der Waals surface area contributed by atoms with Crippen LogP contribution in [0.2, 0.25) is 5.02 Å². The third kappa shape index (κ3) is 8.15. The first-order valence-electron chi connectivity index (χ1n) is 12.2. The van der Waals surface area contributed by atoms with Crippen molar-refractivity contribution in [1.82, 2.24) is 5.32 Å². The number of hydrogen-bond donors (Lipinski definition) is 1. The van der Waals surface area contributed by atoms with E-state index in [0.29, 0.717) is 29.2 Å². The van der Waals surface area contributed by atoms with Gasteiger partial charge in [0.1, 0.15) is 18.1 Å². The number of esters is 1. The molecule has 3 aromatic carbocycles. The summed E-state index contributed by atoms with van der Waals surface area (Å²) in [5.74, 6) is 7.31. The van der Waals surface area contributed by atoms with Crippen molar-refractivity contribution >= 4 is 23.1 Å². The Morgan fingerprint density at radius 1 is 1.03 bits per heavy atom. The van der Waals surface area contributed by atoms with Crippen LogP contribution in [0.15, 0.2) is 72.8 Å². The molecular formula is C31H30ClNO4. The molecule has 0 amide bonds. The molecule has 1 aliphatic carbocycles. The van der Waals surface area contributed by atoms with Crippen LogP contribution < -0.4 is 14.8 Å². The number of methoxy groups -OCH3 is 1. The fourth-order valence-corrected chi connectivity index (χ4v) is 3.81. The Morgan fingerprint density at radius 3 is 2.38 bits per heavy atom. The van der Waals surface area contributed by atoms with Crippen molar-refractivity contribution in [2.75, 3.05) is 26.9 Å². The molecule has 0 spiro atoms. The van der Waals surface area contributed by atoms with Gasteiger partial charge < -0.3 is 19.5 Å². The molecule has 1 N–H and O–H groups in total. The third-order valence-electron chi connectivity index (χ3n) is 5.90. The molecule has 1 fully saturated rings. The fourth-order valence-electron chi connectivity index (χ4n) is 3.68. The van der Waals surface area contributed by atoms with Gasteiger partial charge in [0.25, 0.3) is 0 Å². The van der Waals surface area contributed by atoms with E-state index < -0.39 is 5.97 Å². The molecule has 0 aliphatic heterocycles. The molecule has 0 saturated heterocycles. The van der Waals surface area contributed by atoms with Gasteiger partial charge in [0, 0.05) is 16.6 Å². The normalized spacial score (nSPS) is 12.9. The first-order valence-corrected chi connectivity index (χ1v) is 12.6. The maximum atomic E-state index is 11.3. The number of benzene rings is 3. The fraction of sp³-hybridized carbons (Fsp3) is 0.258. The molecule has 0 atom stereocenters. The largest absolute Gasteiger partial charge is 0.489 e. The lowest BCUT2D eigenvalue weighted by molar-refractivity contribution is -0.142. The number of ether oxygens (including phenoxy) is 3. The molecule has 0 aromatic heterocycles. The molecular weight excluding hydrogens is 486 g/mol. The summed E-state index contributed by atoms with van der Waals surface area (Å²) in [5, 5.41) is 4.10. The van der Waals surface area contributed by atoms with Gasteiger partial charge in [-0.15, -0.1) is 0 Å². The summed E-state index contributed by atoms with van der Waals surface area (Å²) >= 11 is 6.13. The predicted octanol–water partition coefficient (Wildman–Crippen LogP) is 5.81. The van der Waals surface area contributed by atoms with Crippen LogP contribution in [-0.2, 0) is 9.53 Å². The van der Waals surface area contributed by atoms with Crippen molar-refractivity contribution in [1.29, 1.82) is 0 Å². The van der Waals surface area contributed by atoms with Crippen molar-refractivity contribution in [3.8, 4) is 23.3 Å². The lowest BCUT2D eigenvalue weighted by Gasteiger charge is -2.12. The Bertz CT molecular complexity index is 1300. The third-order valence-corrected chi connectivity index (χ3v) is 6.15. The van der Waals surface area contributed by atoms with E-state index in [9.17, 15) is 4.79 Å². The maximum Gasteiger partial charge on any atom is 0.343 e. The summed E-state index contributed by atoms with van der Waals surface area (Å²) in [7, 11) is 1.33. The van der Waals surface area contributed by atoms with Crippen LogP contribution in [0.1, 0.15) is 35.1 Å². The number of carbonyl (C=O) groups excluding carboxylic acids is 1. The minimum Gasteiger partial charge on any atom is -0.489 e. The zero-order valence-electron chi connectivity index (χ0n) is 21.1. The molecule has 3 aromatic rings. The minimum absolute atomic E-state index is 0.132. The quantitative estimate of drug-likeness (QED) is 0.272. The molecule has 1 aliphatic rings. The molecule has 0 unspecified atom stereocenters. The highest BCUT2D eigenvalue weighted by Crippen LogP contribution is 2.27. The van der Waals surface area contributed by atoms with Crippen molar-refractivity contribution in [2.45, 2.75) is 25.8 Å². The Balaban J connectivity index is 1.45. The molecule has 4 rings (SSSR count). The first-order chi connectivity index (χ1) is 18.0. The first kappa shape index (κ1) is 26.3. The summed E-state index contributed by atoms with van der Waals surface area (Å²) in [6.07, 6.45) is 4.58.